The molecule has 3 rings (SSSR count). The van der Waals surface area contributed by atoms with Gasteiger partial charge in [0.25, 0.3) is 5.56 Å². The molecular weight excluding hydrogens is 360 g/mol. The van der Waals surface area contributed by atoms with E-state index < -0.39 is 0 Å². The number of carbonyl (C=O) groups excluding carboxylic acids is 1. The summed E-state index contributed by atoms with van der Waals surface area (Å²) in [5.74, 6) is -0.165. The average Bonchev–Trinajstić information content (AvgIpc) is 2.94. The van der Waals surface area contributed by atoms with E-state index in [1.54, 1.807) is 14.0 Å². The first-order valence-electron chi connectivity index (χ1n) is 8.32. The number of esters is 1. The maximum absolute atomic E-state index is 12.9. The van der Waals surface area contributed by atoms with E-state index in [1.807, 2.05) is 0 Å². The van der Waals surface area contributed by atoms with Gasteiger partial charge >= 0.3 is 5.97 Å². The number of nitrogens with zero attached hydrogens (tertiary/aromatic N) is 2. The molecule has 1 aliphatic rings. The number of thioether (sulfide) groups is 1. The Morgan fingerprint density at radius 1 is 1.48 bits per heavy atom. The fourth-order valence-corrected chi connectivity index (χ4v) is 4.78. The number of ether oxygens (including phenoxy) is 2. The molecule has 0 aliphatic carbocycles. The van der Waals surface area contributed by atoms with E-state index in [4.69, 9.17) is 9.47 Å². The minimum Gasteiger partial charge on any atom is -0.465 e. The molecule has 3 heterocycles. The second kappa shape index (κ2) is 7.09. The highest BCUT2D eigenvalue weighted by Gasteiger charge is 2.33. The third kappa shape index (κ3) is 3.47. The molecule has 0 fully saturated rings. The van der Waals surface area contributed by atoms with Crippen molar-refractivity contribution in [3.05, 3.63) is 20.8 Å². The molecular formula is C17H22N2O4S2. The zero-order chi connectivity index (χ0) is 18.2. The van der Waals surface area contributed by atoms with Crippen LogP contribution in [-0.2, 0) is 34.3 Å². The van der Waals surface area contributed by atoms with E-state index >= 15 is 0 Å². The second-order valence-corrected chi connectivity index (χ2v) is 8.33. The fraction of sp³-hybridized carbons (Fsp3) is 0.588. The largest absolute Gasteiger partial charge is 0.465 e. The summed E-state index contributed by atoms with van der Waals surface area (Å²) in [6, 6.07) is 0. The van der Waals surface area contributed by atoms with Crippen molar-refractivity contribution >= 4 is 39.3 Å². The van der Waals surface area contributed by atoms with Gasteiger partial charge < -0.3 is 9.47 Å². The number of rotatable bonds is 5. The lowest BCUT2D eigenvalue weighted by molar-refractivity contribution is -0.139. The second-order valence-electron chi connectivity index (χ2n) is 6.31. The lowest BCUT2D eigenvalue weighted by Gasteiger charge is -2.32. The van der Waals surface area contributed by atoms with Crippen LogP contribution in [0, 0.1) is 0 Å². The molecule has 136 valence electrons. The van der Waals surface area contributed by atoms with Gasteiger partial charge in [0.05, 0.1) is 30.0 Å². The molecule has 8 heteroatoms. The highest BCUT2D eigenvalue weighted by Crippen LogP contribution is 2.38. The van der Waals surface area contributed by atoms with Gasteiger partial charge in [-0.15, -0.1) is 11.3 Å². The zero-order valence-electron chi connectivity index (χ0n) is 14.9. The summed E-state index contributed by atoms with van der Waals surface area (Å²) in [4.78, 5) is 30.9. The zero-order valence-corrected chi connectivity index (χ0v) is 16.5. The Bertz CT molecular complexity index is 874. The summed E-state index contributed by atoms with van der Waals surface area (Å²) < 4.78 is 12.4. The molecule has 0 unspecified atom stereocenters. The Kier molecular flexibility index (Phi) is 5.22. The van der Waals surface area contributed by atoms with Crippen LogP contribution in [0.15, 0.2) is 9.95 Å². The van der Waals surface area contributed by atoms with Crippen LogP contribution in [-0.4, -0.2) is 33.5 Å². The molecule has 2 aromatic heterocycles. The summed E-state index contributed by atoms with van der Waals surface area (Å²) in [6.45, 7) is 6.82. The van der Waals surface area contributed by atoms with Gasteiger partial charge in [0, 0.05) is 18.3 Å². The minimum absolute atomic E-state index is 0.0609. The van der Waals surface area contributed by atoms with Crippen LogP contribution >= 0.6 is 23.1 Å². The quantitative estimate of drug-likeness (QED) is 0.450. The molecule has 0 saturated heterocycles. The van der Waals surface area contributed by atoms with Crippen molar-refractivity contribution in [1.82, 2.24) is 9.55 Å². The minimum atomic E-state index is -0.306. The van der Waals surface area contributed by atoms with E-state index in [9.17, 15) is 9.59 Å². The van der Waals surface area contributed by atoms with Crippen LogP contribution in [0.5, 0.6) is 0 Å². The SMILES string of the molecule is CCOC(=O)CSc1nc2sc3c(c2c(=O)n1C)C[C@@](C)(CC)OC3. The lowest BCUT2D eigenvalue weighted by atomic mass is 9.90. The molecule has 2 aromatic rings. The van der Waals surface area contributed by atoms with Crippen LogP contribution in [0.4, 0.5) is 0 Å². The molecule has 0 N–H and O–H groups in total. The normalized spacial score (nSPS) is 19.8. The number of aromatic nitrogens is 2. The Hall–Kier alpha value is -1.38. The van der Waals surface area contributed by atoms with Gasteiger partial charge in [-0.3, -0.25) is 14.2 Å². The van der Waals surface area contributed by atoms with Crippen LogP contribution in [0.2, 0.25) is 0 Å². The highest BCUT2D eigenvalue weighted by molar-refractivity contribution is 7.99. The van der Waals surface area contributed by atoms with Crippen molar-refractivity contribution in [2.24, 2.45) is 7.05 Å². The third-order valence-corrected chi connectivity index (χ3v) is 6.65. The van der Waals surface area contributed by atoms with Gasteiger partial charge in [-0.25, -0.2) is 4.98 Å². The Balaban J connectivity index is 1.99. The number of hydrogen-bond acceptors (Lipinski definition) is 7. The van der Waals surface area contributed by atoms with Gasteiger partial charge in [0.1, 0.15) is 4.83 Å². The summed E-state index contributed by atoms with van der Waals surface area (Å²) in [6.07, 6.45) is 1.62. The molecule has 0 amide bonds. The molecule has 0 saturated carbocycles. The Labute approximate surface area is 154 Å². The van der Waals surface area contributed by atoms with E-state index in [1.165, 1.54) is 27.7 Å². The average molecular weight is 383 g/mol. The number of hydrogen-bond donors (Lipinski definition) is 0. The van der Waals surface area contributed by atoms with Crippen LogP contribution in [0.1, 0.15) is 37.6 Å². The molecule has 0 spiro atoms. The molecule has 1 aliphatic heterocycles. The van der Waals surface area contributed by atoms with E-state index in [-0.39, 0.29) is 22.9 Å². The first kappa shape index (κ1) is 18.4. The van der Waals surface area contributed by atoms with E-state index in [0.29, 0.717) is 23.8 Å². The topological polar surface area (TPSA) is 70.4 Å². The molecule has 0 radical (unpaired) electrons. The Morgan fingerprint density at radius 3 is 2.92 bits per heavy atom. The number of thiophene rings is 1. The van der Waals surface area contributed by atoms with Crippen molar-refractivity contribution in [2.45, 2.75) is 51.0 Å². The Morgan fingerprint density at radius 2 is 2.24 bits per heavy atom. The highest BCUT2D eigenvalue weighted by atomic mass is 32.2. The predicted octanol–water partition coefficient (Wildman–Crippen LogP) is 2.89. The lowest BCUT2D eigenvalue weighted by Crippen LogP contribution is -2.34. The van der Waals surface area contributed by atoms with Crippen molar-refractivity contribution < 1.29 is 14.3 Å². The third-order valence-electron chi connectivity index (χ3n) is 4.55. The molecule has 25 heavy (non-hydrogen) atoms. The van der Waals surface area contributed by atoms with Crippen LogP contribution in [0.3, 0.4) is 0 Å². The first-order valence-corrected chi connectivity index (χ1v) is 10.1. The summed E-state index contributed by atoms with van der Waals surface area (Å²) in [5.41, 5.74) is 0.781. The van der Waals surface area contributed by atoms with E-state index in [2.05, 4.69) is 18.8 Å². The van der Waals surface area contributed by atoms with Crippen molar-refractivity contribution in [3.8, 4) is 0 Å². The molecule has 0 aromatic carbocycles. The van der Waals surface area contributed by atoms with Gasteiger partial charge in [-0.2, -0.15) is 0 Å². The summed E-state index contributed by atoms with van der Waals surface area (Å²) in [7, 11) is 1.70. The number of fused-ring (bicyclic) bond motifs is 3. The molecule has 1 atom stereocenters. The molecule has 0 bridgehead atoms. The summed E-state index contributed by atoms with van der Waals surface area (Å²) >= 11 is 2.74. The maximum Gasteiger partial charge on any atom is 0.316 e. The van der Waals surface area contributed by atoms with E-state index in [0.717, 1.165) is 28.1 Å². The monoisotopic (exact) mass is 382 g/mol. The smallest absolute Gasteiger partial charge is 0.316 e. The summed E-state index contributed by atoms with van der Waals surface area (Å²) in [5, 5.41) is 1.23. The van der Waals surface area contributed by atoms with Gasteiger partial charge in [-0.05, 0) is 25.8 Å². The fourth-order valence-electron chi connectivity index (χ4n) is 2.86. The first-order chi connectivity index (χ1) is 11.9. The van der Waals surface area contributed by atoms with Crippen molar-refractivity contribution in [1.29, 1.82) is 0 Å². The van der Waals surface area contributed by atoms with Gasteiger partial charge in [-0.1, -0.05) is 18.7 Å². The standard InChI is InChI=1S/C17H22N2O4S2/c1-5-17(3)7-10-11(8-23-17)25-14-13(10)15(21)19(4)16(18-14)24-9-12(20)22-6-2/h5-9H2,1-4H3/t17-/m1/s1. The molecule has 6 nitrogen and oxygen atoms in total. The van der Waals surface area contributed by atoms with Crippen molar-refractivity contribution in [3.63, 3.8) is 0 Å². The van der Waals surface area contributed by atoms with Gasteiger partial charge in [0.2, 0.25) is 0 Å². The van der Waals surface area contributed by atoms with Gasteiger partial charge in [0.15, 0.2) is 5.16 Å². The predicted molar refractivity (Wildman–Crippen MR) is 99.4 cm³/mol. The van der Waals surface area contributed by atoms with Crippen molar-refractivity contribution in [2.75, 3.05) is 12.4 Å². The van der Waals surface area contributed by atoms with Crippen LogP contribution < -0.4 is 5.56 Å². The van der Waals surface area contributed by atoms with Crippen LogP contribution in [0.25, 0.3) is 10.2 Å². The maximum atomic E-state index is 12.9. The number of carbonyl (C=O) groups is 1.